The van der Waals surface area contributed by atoms with Gasteiger partial charge in [-0.1, -0.05) is 0 Å². The lowest BCUT2D eigenvalue weighted by Gasteiger charge is -2.21. The van der Waals surface area contributed by atoms with E-state index in [-0.39, 0.29) is 11.8 Å². The molecule has 1 aromatic rings. The Morgan fingerprint density at radius 2 is 2.54 bits per heavy atom. The standard InChI is InChI=1S/C9H13N3O/c1-12-8(4-6-11-12)7-3-2-5-10-9(7)13/h4,6-7H,2-3,5H2,1H3,(H,10,13). The molecule has 0 saturated carbocycles. The number of aryl methyl sites for hydroxylation is 1. The van der Waals surface area contributed by atoms with Crippen LogP contribution in [0.3, 0.4) is 0 Å². The van der Waals surface area contributed by atoms with Crippen LogP contribution in [0.5, 0.6) is 0 Å². The molecule has 0 spiro atoms. The van der Waals surface area contributed by atoms with E-state index in [0.717, 1.165) is 25.1 Å². The predicted octanol–water partition coefficient (Wildman–Crippen LogP) is 0.414. The number of hydrogen-bond donors (Lipinski definition) is 1. The summed E-state index contributed by atoms with van der Waals surface area (Å²) in [6, 6.07) is 1.91. The van der Waals surface area contributed by atoms with Gasteiger partial charge in [-0.15, -0.1) is 0 Å². The first kappa shape index (κ1) is 8.29. The molecule has 1 aliphatic heterocycles. The van der Waals surface area contributed by atoms with E-state index < -0.39 is 0 Å². The Hall–Kier alpha value is -1.32. The second kappa shape index (κ2) is 3.20. The smallest absolute Gasteiger partial charge is 0.229 e. The van der Waals surface area contributed by atoms with Gasteiger partial charge in [-0.2, -0.15) is 5.10 Å². The Bertz CT molecular complexity index is 318. The first-order valence-corrected chi connectivity index (χ1v) is 4.54. The van der Waals surface area contributed by atoms with E-state index in [0.29, 0.717) is 0 Å². The molecule has 0 aromatic carbocycles. The van der Waals surface area contributed by atoms with Crippen LogP contribution in [0.1, 0.15) is 24.5 Å². The number of carbonyl (C=O) groups is 1. The van der Waals surface area contributed by atoms with E-state index in [9.17, 15) is 4.79 Å². The maximum atomic E-state index is 11.5. The van der Waals surface area contributed by atoms with E-state index in [4.69, 9.17) is 0 Å². The zero-order chi connectivity index (χ0) is 9.26. The van der Waals surface area contributed by atoms with Crippen molar-refractivity contribution in [2.24, 2.45) is 7.05 Å². The zero-order valence-electron chi connectivity index (χ0n) is 7.66. The lowest BCUT2D eigenvalue weighted by atomic mass is 9.95. The molecule has 0 bridgehead atoms. The van der Waals surface area contributed by atoms with Crippen molar-refractivity contribution in [3.63, 3.8) is 0 Å². The van der Waals surface area contributed by atoms with Crippen molar-refractivity contribution < 1.29 is 4.79 Å². The largest absolute Gasteiger partial charge is 0.356 e. The average molecular weight is 179 g/mol. The third-order valence-electron chi connectivity index (χ3n) is 2.50. The van der Waals surface area contributed by atoms with Gasteiger partial charge in [0.05, 0.1) is 11.6 Å². The normalized spacial score (nSPS) is 22.8. The van der Waals surface area contributed by atoms with Crippen molar-refractivity contribution in [3.05, 3.63) is 18.0 Å². The highest BCUT2D eigenvalue weighted by Gasteiger charge is 2.25. The van der Waals surface area contributed by atoms with Crippen LogP contribution in [0.4, 0.5) is 0 Å². The minimum Gasteiger partial charge on any atom is -0.356 e. The van der Waals surface area contributed by atoms with Gasteiger partial charge < -0.3 is 5.32 Å². The maximum Gasteiger partial charge on any atom is 0.229 e. The van der Waals surface area contributed by atoms with Gasteiger partial charge in [0.1, 0.15) is 0 Å². The number of nitrogens with one attached hydrogen (secondary N) is 1. The van der Waals surface area contributed by atoms with Gasteiger partial charge in [0.15, 0.2) is 0 Å². The van der Waals surface area contributed by atoms with Gasteiger partial charge in [-0.25, -0.2) is 0 Å². The lowest BCUT2D eigenvalue weighted by molar-refractivity contribution is -0.124. The summed E-state index contributed by atoms with van der Waals surface area (Å²) in [6.07, 6.45) is 3.73. The van der Waals surface area contributed by atoms with Crippen molar-refractivity contribution in [2.45, 2.75) is 18.8 Å². The first-order valence-electron chi connectivity index (χ1n) is 4.54. The molecular formula is C9H13N3O. The second-order valence-electron chi connectivity index (χ2n) is 3.37. The Labute approximate surface area is 76.9 Å². The first-order chi connectivity index (χ1) is 6.29. The minimum atomic E-state index is 0.00116. The Kier molecular flexibility index (Phi) is 2.04. The zero-order valence-corrected chi connectivity index (χ0v) is 7.66. The molecule has 1 unspecified atom stereocenters. The van der Waals surface area contributed by atoms with Gasteiger partial charge in [0.25, 0.3) is 0 Å². The number of amides is 1. The van der Waals surface area contributed by atoms with Gasteiger partial charge in [0, 0.05) is 19.8 Å². The predicted molar refractivity (Wildman–Crippen MR) is 48.2 cm³/mol. The summed E-state index contributed by atoms with van der Waals surface area (Å²) < 4.78 is 1.77. The molecule has 1 atom stereocenters. The highest BCUT2D eigenvalue weighted by atomic mass is 16.1. The summed E-state index contributed by atoms with van der Waals surface area (Å²) >= 11 is 0. The highest BCUT2D eigenvalue weighted by Crippen LogP contribution is 2.22. The number of carbonyl (C=O) groups excluding carboxylic acids is 1. The number of piperidine rings is 1. The van der Waals surface area contributed by atoms with Crippen LogP contribution in [0.25, 0.3) is 0 Å². The number of nitrogens with zero attached hydrogens (tertiary/aromatic N) is 2. The number of hydrogen-bond acceptors (Lipinski definition) is 2. The van der Waals surface area contributed by atoms with Crippen LogP contribution in [0.15, 0.2) is 12.3 Å². The van der Waals surface area contributed by atoms with Gasteiger partial charge in [-0.3, -0.25) is 9.48 Å². The summed E-state index contributed by atoms with van der Waals surface area (Å²) in [7, 11) is 1.87. The Balaban J connectivity index is 2.24. The minimum absolute atomic E-state index is 0.00116. The molecule has 2 rings (SSSR count). The topological polar surface area (TPSA) is 46.9 Å². The van der Waals surface area contributed by atoms with Crippen molar-refractivity contribution in [1.82, 2.24) is 15.1 Å². The van der Waals surface area contributed by atoms with E-state index in [2.05, 4.69) is 10.4 Å². The van der Waals surface area contributed by atoms with Gasteiger partial charge in [-0.05, 0) is 18.9 Å². The van der Waals surface area contributed by atoms with Crippen LogP contribution < -0.4 is 5.32 Å². The molecule has 0 radical (unpaired) electrons. The van der Waals surface area contributed by atoms with E-state index in [1.54, 1.807) is 10.9 Å². The molecule has 1 aliphatic rings. The Morgan fingerprint density at radius 1 is 1.69 bits per heavy atom. The summed E-state index contributed by atoms with van der Waals surface area (Å²) in [6.45, 7) is 0.813. The van der Waals surface area contributed by atoms with Crippen LogP contribution in [0.2, 0.25) is 0 Å². The molecule has 1 aromatic heterocycles. The molecule has 4 heteroatoms. The molecule has 0 aliphatic carbocycles. The monoisotopic (exact) mass is 179 g/mol. The highest BCUT2D eigenvalue weighted by molar-refractivity contribution is 5.83. The number of rotatable bonds is 1. The molecule has 1 fully saturated rings. The van der Waals surface area contributed by atoms with E-state index in [1.807, 2.05) is 13.1 Å². The van der Waals surface area contributed by atoms with Crippen LogP contribution >= 0.6 is 0 Å². The average Bonchev–Trinajstić information content (AvgIpc) is 2.52. The third kappa shape index (κ3) is 1.43. The van der Waals surface area contributed by atoms with Gasteiger partial charge >= 0.3 is 0 Å². The lowest BCUT2D eigenvalue weighted by Crippen LogP contribution is -2.35. The summed E-state index contributed by atoms with van der Waals surface area (Å²) in [4.78, 5) is 11.5. The van der Waals surface area contributed by atoms with Crippen molar-refractivity contribution in [1.29, 1.82) is 0 Å². The fraction of sp³-hybridized carbons (Fsp3) is 0.556. The second-order valence-corrected chi connectivity index (χ2v) is 3.37. The quantitative estimate of drug-likeness (QED) is 0.679. The third-order valence-corrected chi connectivity index (χ3v) is 2.50. The van der Waals surface area contributed by atoms with Crippen molar-refractivity contribution in [3.8, 4) is 0 Å². The summed E-state index contributed by atoms with van der Waals surface area (Å²) in [5.74, 6) is 0.135. The summed E-state index contributed by atoms with van der Waals surface area (Å²) in [5, 5.41) is 6.93. The fourth-order valence-corrected chi connectivity index (χ4v) is 1.78. The number of aromatic nitrogens is 2. The molecule has 1 saturated heterocycles. The molecule has 70 valence electrons. The molecule has 1 amide bonds. The van der Waals surface area contributed by atoms with Crippen molar-refractivity contribution >= 4 is 5.91 Å². The molecule has 2 heterocycles. The maximum absolute atomic E-state index is 11.5. The molecule has 13 heavy (non-hydrogen) atoms. The molecular weight excluding hydrogens is 166 g/mol. The fourth-order valence-electron chi connectivity index (χ4n) is 1.78. The Morgan fingerprint density at radius 3 is 3.15 bits per heavy atom. The van der Waals surface area contributed by atoms with E-state index >= 15 is 0 Å². The SMILES string of the molecule is Cn1nccc1C1CCCNC1=O. The summed E-state index contributed by atoms with van der Waals surface area (Å²) in [5.41, 5.74) is 1.01. The van der Waals surface area contributed by atoms with Gasteiger partial charge in [0.2, 0.25) is 5.91 Å². The van der Waals surface area contributed by atoms with Crippen molar-refractivity contribution in [2.75, 3.05) is 6.54 Å². The molecule has 4 nitrogen and oxygen atoms in total. The van der Waals surface area contributed by atoms with Crippen LogP contribution in [0, 0.1) is 0 Å². The van der Waals surface area contributed by atoms with E-state index in [1.165, 1.54) is 0 Å². The van der Waals surface area contributed by atoms with Crippen LogP contribution in [-0.4, -0.2) is 22.2 Å². The van der Waals surface area contributed by atoms with Crippen LogP contribution in [-0.2, 0) is 11.8 Å². The molecule has 1 N–H and O–H groups in total.